The summed E-state index contributed by atoms with van der Waals surface area (Å²) in [5.74, 6) is 0.744. The zero-order chi connectivity index (χ0) is 12.7. The van der Waals surface area contributed by atoms with Gasteiger partial charge in [0.1, 0.15) is 5.75 Å². The van der Waals surface area contributed by atoms with Gasteiger partial charge in [-0.05, 0) is 30.8 Å². The van der Waals surface area contributed by atoms with Crippen molar-refractivity contribution >= 4 is 34.6 Å². The van der Waals surface area contributed by atoms with E-state index in [-0.39, 0.29) is 0 Å². The fourth-order valence-corrected chi connectivity index (χ4v) is 1.65. The van der Waals surface area contributed by atoms with Gasteiger partial charge in [0.15, 0.2) is 5.11 Å². The van der Waals surface area contributed by atoms with Crippen LogP contribution in [0.2, 0.25) is 5.02 Å². The topological polar surface area (TPSA) is 33.3 Å². The highest BCUT2D eigenvalue weighted by Crippen LogP contribution is 2.26. The third-order valence-electron chi connectivity index (χ3n) is 2.24. The number of halogens is 1. The Labute approximate surface area is 112 Å². The van der Waals surface area contributed by atoms with E-state index in [2.05, 4.69) is 17.6 Å². The zero-order valence-electron chi connectivity index (χ0n) is 10.0. The van der Waals surface area contributed by atoms with Crippen molar-refractivity contribution in [1.82, 2.24) is 5.32 Å². The second kappa shape index (κ2) is 7.35. The molecule has 0 aromatic heterocycles. The number of nitrogens with one attached hydrogen (secondary N) is 2. The van der Waals surface area contributed by atoms with Crippen molar-refractivity contribution in [1.29, 1.82) is 0 Å². The van der Waals surface area contributed by atoms with Gasteiger partial charge < -0.3 is 15.4 Å². The van der Waals surface area contributed by atoms with Crippen molar-refractivity contribution in [2.24, 2.45) is 0 Å². The van der Waals surface area contributed by atoms with Crippen LogP contribution in [0.15, 0.2) is 18.2 Å². The van der Waals surface area contributed by atoms with E-state index < -0.39 is 0 Å². The summed E-state index contributed by atoms with van der Waals surface area (Å²) in [5, 5.41) is 7.36. The molecule has 0 radical (unpaired) electrons. The van der Waals surface area contributed by atoms with E-state index in [1.54, 1.807) is 19.2 Å². The molecule has 17 heavy (non-hydrogen) atoms. The number of methoxy groups -OCH3 is 1. The first kappa shape index (κ1) is 14.1. The van der Waals surface area contributed by atoms with Gasteiger partial charge in [0.05, 0.1) is 17.8 Å². The maximum Gasteiger partial charge on any atom is 0.170 e. The lowest BCUT2D eigenvalue weighted by molar-refractivity contribution is 0.415. The Morgan fingerprint density at radius 3 is 2.88 bits per heavy atom. The molecule has 94 valence electrons. The van der Waals surface area contributed by atoms with E-state index in [1.165, 1.54) is 0 Å². The van der Waals surface area contributed by atoms with E-state index in [0.717, 1.165) is 30.8 Å². The molecule has 3 nitrogen and oxygen atoms in total. The van der Waals surface area contributed by atoms with Gasteiger partial charge in [0.2, 0.25) is 0 Å². The summed E-state index contributed by atoms with van der Waals surface area (Å²) < 4.78 is 5.13. The second-order valence-corrected chi connectivity index (χ2v) is 4.40. The number of thiocarbonyl (C=S) groups is 1. The van der Waals surface area contributed by atoms with Crippen LogP contribution in [-0.4, -0.2) is 18.8 Å². The third-order valence-corrected chi connectivity index (χ3v) is 2.81. The predicted octanol–water partition coefficient (Wildman–Crippen LogP) is 3.44. The lowest BCUT2D eigenvalue weighted by Gasteiger charge is -2.12. The minimum Gasteiger partial charge on any atom is -0.497 e. The fourth-order valence-electron chi connectivity index (χ4n) is 1.27. The molecule has 0 fully saturated rings. The first-order valence-corrected chi connectivity index (χ1v) is 6.34. The molecule has 0 amide bonds. The SMILES string of the molecule is CCCCNC(=S)Nc1cc(OC)ccc1Cl. The van der Waals surface area contributed by atoms with Crippen LogP contribution >= 0.6 is 23.8 Å². The van der Waals surface area contributed by atoms with Crippen LogP contribution in [0.25, 0.3) is 0 Å². The normalized spacial score (nSPS) is 9.82. The Morgan fingerprint density at radius 1 is 1.47 bits per heavy atom. The number of hydrogen-bond acceptors (Lipinski definition) is 2. The smallest absolute Gasteiger partial charge is 0.170 e. The van der Waals surface area contributed by atoms with Crippen LogP contribution < -0.4 is 15.4 Å². The molecule has 0 spiro atoms. The number of benzene rings is 1. The number of ether oxygens (including phenoxy) is 1. The van der Waals surface area contributed by atoms with Crippen LogP contribution in [0.4, 0.5) is 5.69 Å². The van der Waals surface area contributed by atoms with Gasteiger partial charge >= 0.3 is 0 Å². The molecule has 1 rings (SSSR count). The molecule has 2 N–H and O–H groups in total. The van der Waals surface area contributed by atoms with Gasteiger partial charge in [0.25, 0.3) is 0 Å². The molecular weight excluding hydrogens is 256 g/mol. The van der Waals surface area contributed by atoms with Crippen LogP contribution in [0.5, 0.6) is 5.75 Å². The van der Waals surface area contributed by atoms with Crippen molar-refractivity contribution in [2.75, 3.05) is 19.0 Å². The molecule has 0 saturated heterocycles. The maximum absolute atomic E-state index is 6.05. The summed E-state index contributed by atoms with van der Waals surface area (Å²) in [7, 11) is 1.62. The fraction of sp³-hybridized carbons (Fsp3) is 0.417. The standard InChI is InChI=1S/C12H17ClN2OS/c1-3-4-7-14-12(17)15-11-8-9(16-2)5-6-10(11)13/h5-6,8H,3-4,7H2,1-2H3,(H2,14,15,17). The number of rotatable bonds is 5. The van der Waals surface area contributed by atoms with E-state index in [4.69, 9.17) is 28.6 Å². The molecule has 1 aromatic rings. The minimum absolute atomic E-state index is 0.577. The first-order valence-electron chi connectivity index (χ1n) is 5.55. The van der Waals surface area contributed by atoms with Crippen molar-refractivity contribution < 1.29 is 4.74 Å². The van der Waals surface area contributed by atoms with E-state index in [9.17, 15) is 0 Å². The average Bonchev–Trinajstić information content (AvgIpc) is 2.32. The molecule has 0 unspecified atom stereocenters. The monoisotopic (exact) mass is 272 g/mol. The summed E-state index contributed by atoms with van der Waals surface area (Å²) in [4.78, 5) is 0. The highest BCUT2D eigenvalue weighted by molar-refractivity contribution is 7.80. The Hall–Kier alpha value is -1.00. The molecule has 0 atom stereocenters. The van der Waals surface area contributed by atoms with Crippen molar-refractivity contribution in [2.45, 2.75) is 19.8 Å². The van der Waals surface area contributed by atoms with Crippen LogP contribution in [0, 0.1) is 0 Å². The van der Waals surface area contributed by atoms with Gasteiger partial charge in [-0.3, -0.25) is 0 Å². The molecule has 0 bridgehead atoms. The van der Waals surface area contributed by atoms with Gasteiger partial charge in [0, 0.05) is 12.6 Å². The molecular formula is C12H17ClN2OS. The van der Waals surface area contributed by atoms with Crippen LogP contribution in [-0.2, 0) is 0 Å². The predicted molar refractivity (Wildman–Crippen MR) is 77.1 cm³/mol. The second-order valence-electron chi connectivity index (χ2n) is 3.58. The summed E-state index contributed by atoms with van der Waals surface area (Å²) in [6.45, 7) is 3.00. The summed E-state index contributed by atoms with van der Waals surface area (Å²) in [6, 6.07) is 5.40. The zero-order valence-corrected chi connectivity index (χ0v) is 11.6. The molecule has 0 heterocycles. The van der Waals surface area contributed by atoms with Gasteiger partial charge in [-0.1, -0.05) is 24.9 Å². The van der Waals surface area contributed by atoms with Crippen molar-refractivity contribution in [3.05, 3.63) is 23.2 Å². The van der Waals surface area contributed by atoms with Crippen molar-refractivity contribution in [3.8, 4) is 5.75 Å². The lowest BCUT2D eigenvalue weighted by atomic mass is 10.3. The van der Waals surface area contributed by atoms with E-state index in [1.807, 2.05) is 6.07 Å². The Kier molecular flexibility index (Phi) is 6.08. The molecule has 0 aliphatic carbocycles. The third kappa shape index (κ3) is 4.79. The highest BCUT2D eigenvalue weighted by atomic mass is 35.5. The van der Waals surface area contributed by atoms with E-state index >= 15 is 0 Å². The Bertz CT molecular complexity index is 385. The van der Waals surface area contributed by atoms with Gasteiger partial charge in [-0.25, -0.2) is 0 Å². The average molecular weight is 273 g/mol. The largest absolute Gasteiger partial charge is 0.497 e. The van der Waals surface area contributed by atoms with Gasteiger partial charge in [-0.2, -0.15) is 0 Å². The number of anilines is 1. The first-order chi connectivity index (χ1) is 8.17. The molecule has 0 aliphatic heterocycles. The summed E-state index contributed by atoms with van der Waals surface area (Å²) >= 11 is 11.2. The van der Waals surface area contributed by atoms with Crippen LogP contribution in [0.1, 0.15) is 19.8 Å². The molecule has 5 heteroatoms. The lowest BCUT2D eigenvalue weighted by Crippen LogP contribution is -2.29. The quantitative estimate of drug-likeness (QED) is 0.636. The minimum atomic E-state index is 0.577. The maximum atomic E-state index is 6.05. The molecule has 1 aromatic carbocycles. The van der Waals surface area contributed by atoms with E-state index in [0.29, 0.717) is 10.1 Å². The summed E-state index contributed by atoms with van der Waals surface area (Å²) in [5.41, 5.74) is 0.750. The van der Waals surface area contributed by atoms with Crippen molar-refractivity contribution in [3.63, 3.8) is 0 Å². The number of hydrogen-bond donors (Lipinski definition) is 2. The Morgan fingerprint density at radius 2 is 2.24 bits per heavy atom. The number of unbranched alkanes of at least 4 members (excludes halogenated alkanes) is 1. The van der Waals surface area contributed by atoms with Gasteiger partial charge in [-0.15, -0.1) is 0 Å². The molecule has 0 saturated carbocycles. The summed E-state index contributed by atoms with van der Waals surface area (Å²) in [6.07, 6.45) is 2.23. The Balaban J connectivity index is 2.57. The highest BCUT2D eigenvalue weighted by Gasteiger charge is 2.04. The van der Waals surface area contributed by atoms with Crippen LogP contribution in [0.3, 0.4) is 0 Å². The molecule has 0 aliphatic rings.